The van der Waals surface area contributed by atoms with Crippen molar-refractivity contribution in [3.8, 4) is 11.5 Å². The van der Waals surface area contributed by atoms with Crippen LogP contribution in [0.5, 0.6) is 11.5 Å². The summed E-state index contributed by atoms with van der Waals surface area (Å²) in [6.45, 7) is 8.09. The van der Waals surface area contributed by atoms with Crippen LogP contribution < -0.4 is 14.9 Å². The van der Waals surface area contributed by atoms with Gasteiger partial charge in [0.1, 0.15) is 0 Å². The zero-order valence-electron chi connectivity index (χ0n) is 14.6. The van der Waals surface area contributed by atoms with E-state index in [0.29, 0.717) is 44.5 Å². The fourth-order valence-corrected chi connectivity index (χ4v) is 2.78. The fraction of sp³-hybridized carbons (Fsp3) is 0.529. The van der Waals surface area contributed by atoms with E-state index in [1.165, 1.54) is 0 Å². The third kappa shape index (κ3) is 6.30. The minimum atomic E-state index is -0.148. The predicted octanol–water partition coefficient (Wildman–Crippen LogP) is 2.03. The molecule has 7 nitrogen and oxygen atoms in total. The summed E-state index contributed by atoms with van der Waals surface area (Å²) >= 11 is 3.49. The highest BCUT2D eigenvalue weighted by molar-refractivity contribution is 9.10. The Kier molecular flexibility index (Phi) is 8.17. The molecule has 0 unspecified atom stereocenters. The number of carbonyl (C=O) groups is 1. The molecule has 1 aromatic carbocycles. The first-order valence-electron chi connectivity index (χ1n) is 8.35. The van der Waals surface area contributed by atoms with Crippen molar-refractivity contribution in [1.82, 2.24) is 10.3 Å². The molecule has 0 spiro atoms. The normalized spacial score (nSPS) is 15.3. The van der Waals surface area contributed by atoms with Crippen molar-refractivity contribution in [2.24, 2.45) is 5.10 Å². The van der Waals surface area contributed by atoms with Crippen molar-refractivity contribution in [2.75, 3.05) is 46.1 Å². The number of ether oxygens (including phenoxy) is 3. The van der Waals surface area contributed by atoms with E-state index in [1.807, 2.05) is 30.9 Å². The van der Waals surface area contributed by atoms with Crippen molar-refractivity contribution in [2.45, 2.75) is 13.8 Å². The highest BCUT2D eigenvalue weighted by Gasteiger charge is 2.14. The highest BCUT2D eigenvalue weighted by Crippen LogP contribution is 2.33. The van der Waals surface area contributed by atoms with E-state index >= 15 is 0 Å². The molecule has 2 rings (SSSR count). The molecular weight excluding hydrogens is 390 g/mol. The first kappa shape index (κ1) is 19.7. The van der Waals surface area contributed by atoms with Crippen LogP contribution in [0.1, 0.15) is 19.4 Å². The number of rotatable bonds is 8. The van der Waals surface area contributed by atoms with Gasteiger partial charge in [0.05, 0.1) is 39.2 Å². The molecule has 0 aliphatic carbocycles. The number of halogens is 1. The number of hydrogen-bond acceptors (Lipinski definition) is 6. The summed E-state index contributed by atoms with van der Waals surface area (Å²) in [6, 6.07) is 3.67. The third-order valence-electron chi connectivity index (χ3n) is 3.53. The van der Waals surface area contributed by atoms with E-state index in [2.05, 4.69) is 26.5 Å². The summed E-state index contributed by atoms with van der Waals surface area (Å²) in [5.41, 5.74) is 3.34. The molecule has 138 valence electrons. The summed E-state index contributed by atoms with van der Waals surface area (Å²) in [5.74, 6) is 1.17. The van der Waals surface area contributed by atoms with Crippen LogP contribution in [-0.4, -0.2) is 63.1 Å². The number of carbonyl (C=O) groups excluding carboxylic acids is 1. The number of amides is 1. The van der Waals surface area contributed by atoms with Crippen LogP contribution in [0.4, 0.5) is 0 Å². The van der Waals surface area contributed by atoms with Crippen LogP contribution >= 0.6 is 15.9 Å². The van der Waals surface area contributed by atoms with Crippen LogP contribution in [0.3, 0.4) is 0 Å². The van der Waals surface area contributed by atoms with Crippen molar-refractivity contribution in [3.05, 3.63) is 22.2 Å². The number of morpholine rings is 1. The maximum absolute atomic E-state index is 11.9. The number of nitrogens with one attached hydrogen (secondary N) is 1. The molecule has 1 aliphatic heterocycles. The lowest BCUT2D eigenvalue weighted by Crippen LogP contribution is -2.42. The van der Waals surface area contributed by atoms with Crippen molar-refractivity contribution in [3.63, 3.8) is 0 Å². The van der Waals surface area contributed by atoms with E-state index < -0.39 is 0 Å². The lowest BCUT2D eigenvalue weighted by Gasteiger charge is -2.25. The van der Waals surface area contributed by atoms with Crippen LogP contribution in [0.15, 0.2) is 21.7 Å². The molecule has 0 radical (unpaired) electrons. The van der Waals surface area contributed by atoms with Gasteiger partial charge in [0.2, 0.25) is 0 Å². The van der Waals surface area contributed by atoms with Crippen LogP contribution in [-0.2, 0) is 9.53 Å². The van der Waals surface area contributed by atoms with Crippen molar-refractivity contribution >= 4 is 28.1 Å². The third-order valence-corrected chi connectivity index (χ3v) is 4.21. The van der Waals surface area contributed by atoms with Gasteiger partial charge in [-0.3, -0.25) is 9.69 Å². The fourth-order valence-electron chi connectivity index (χ4n) is 2.36. The summed E-state index contributed by atoms with van der Waals surface area (Å²) in [4.78, 5) is 14.0. The number of benzene rings is 1. The van der Waals surface area contributed by atoms with E-state index in [0.717, 1.165) is 23.1 Å². The molecule has 0 aromatic heterocycles. The lowest BCUT2D eigenvalue weighted by atomic mass is 10.2. The number of hydrogen-bond donors (Lipinski definition) is 1. The predicted molar refractivity (Wildman–Crippen MR) is 99.5 cm³/mol. The first-order valence-corrected chi connectivity index (χ1v) is 9.14. The Morgan fingerprint density at radius 3 is 2.56 bits per heavy atom. The van der Waals surface area contributed by atoms with E-state index in [1.54, 1.807) is 6.21 Å². The monoisotopic (exact) mass is 413 g/mol. The van der Waals surface area contributed by atoms with E-state index in [-0.39, 0.29) is 5.91 Å². The minimum absolute atomic E-state index is 0.148. The minimum Gasteiger partial charge on any atom is -0.490 e. The van der Waals surface area contributed by atoms with Crippen molar-refractivity contribution < 1.29 is 19.0 Å². The van der Waals surface area contributed by atoms with Gasteiger partial charge in [0.15, 0.2) is 11.5 Å². The van der Waals surface area contributed by atoms with Gasteiger partial charge in [-0.15, -0.1) is 0 Å². The molecule has 1 saturated heterocycles. The second-order valence-corrected chi connectivity index (χ2v) is 6.22. The summed E-state index contributed by atoms with van der Waals surface area (Å²) in [7, 11) is 0. The molecule has 0 saturated carbocycles. The number of nitrogens with zero attached hydrogens (tertiary/aromatic N) is 2. The second-order valence-electron chi connectivity index (χ2n) is 5.37. The molecular formula is C17H24BrN3O4. The molecule has 8 heteroatoms. The second kappa shape index (κ2) is 10.4. The molecule has 1 fully saturated rings. The summed E-state index contributed by atoms with van der Waals surface area (Å²) < 4.78 is 17.2. The standard InChI is InChI=1S/C17H24BrN3O4/c1-3-24-15-9-13(14(18)10-16(15)25-4-2)11-19-20-17(22)12-21-5-7-23-8-6-21/h9-11H,3-8,12H2,1-2H3,(H,20,22)/b19-11+. The van der Waals surface area contributed by atoms with Crippen LogP contribution in [0.25, 0.3) is 0 Å². The first-order chi connectivity index (χ1) is 12.1. The van der Waals surface area contributed by atoms with Gasteiger partial charge >= 0.3 is 0 Å². The van der Waals surface area contributed by atoms with Gasteiger partial charge in [-0.2, -0.15) is 5.10 Å². The molecule has 1 heterocycles. The molecule has 1 N–H and O–H groups in total. The maximum Gasteiger partial charge on any atom is 0.254 e. The topological polar surface area (TPSA) is 72.4 Å². The van der Waals surface area contributed by atoms with Gasteiger partial charge in [-0.05, 0) is 41.9 Å². The maximum atomic E-state index is 11.9. The Bertz CT molecular complexity index is 604. The van der Waals surface area contributed by atoms with Gasteiger partial charge < -0.3 is 14.2 Å². The van der Waals surface area contributed by atoms with Gasteiger partial charge in [0.25, 0.3) is 5.91 Å². The largest absolute Gasteiger partial charge is 0.490 e. The quantitative estimate of drug-likeness (QED) is 0.521. The van der Waals surface area contributed by atoms with Crippen LogP contribution in [0, 0.1) is 0 Å². The Balaban J connectivity index is 1.96. The number of hydrazone groups is 1. The van der Waals surface area contributed by atoms with Crippen molar-refractivity contribution in [1.29, 1.82) is 0 Å². The van der Waals surface area contributed by atoms with Gasteiger partial charge in [-0.25, -0.2) is 5.43 Å². The molecule has 25 heavy (non-hydrogen) atoms. The lowest BCUT2D eigenvalue weighted by molar-refractivity contribution is -0.123. The van der Waals surface area contributed by atoms with Gasteiger partial charge in [-0.1, -0.05) is 0 Å². The highest BCUT2D eigenvalue weighted by atomic mass is 79.9. The summed E-state index contributed by atoms with van der Waals surface area (Å²) in [6.07, 6.45) is 1.58. The average molecular weight is 414 g/mol. The van der Waals surface area contributed by atoms with Crippen LogP contribution in [0.2, 0.25) is 0 Å². The zero-order valence-corrected chi connectivity index (χ0v) is 16.2. The summed E-state index contributed by atoms with van der Waals surface area (Å²) in [5, 5.41) is 4.04. The SMILES string of the molecule is CCOc1cc(Br)c(/C=N/NC(=O)CN2CCOCC2)cc1OCC. The Morgan fingerprint density at radius 1 is 1.28 bits per heavy atom. The Hall–Kier alpha value is -1.64. The average Bonchev–Trinajstić information content (AvgIpc) is 2.60. The molecule has 1 aliphatic rings. The van der Waals surface area contributed by atoms with E-state index in [4.69, 9.17) is 14.2 Å². The van der Waals surface area contributed by atoms with Gasteiger partial charge in [0, 0.05) is 23.1 Å². The van der Waals surface area contributed by atoms with E-state index in [9.17, 15) is 4.79 Å². The molecule has 0 bridgehead atoms. The Morgan fingerprint density at radius 2 is 1.92 bits per heavy atom. The molecule has 1 amide bonds. The molecule has 1 aromatic rings. The smallest absolute Gasteiger partial charge is 0.254 e. The molecule has 0 atom stereocenters. The Labute approximate surface area is 156 Å². The zero-order chi connectivity index (χ0) is 18.1.